The fourth-order valence-corrected chi connectivity index (χ4v) is 6.71. The van der Waals surface area contributed by atoms with Gasteiger partial charge in [-0.25, -0.2) is 0 Å². The average molecular weight is 1120 g/mol. The Hall–Kier alpha value is -3.83. The van der Waals surface area contributed by atoms with E-state index in [0.29, 0.717) is 80.5 Å². The van der Waals surface area contributed by atoms with Crippen molar-refractivity contribution in [1.82, 2.24) is 0 Å². The van der Waals surface area contributed by atoms with Crippen LogP contribution in [0.2, 0.25) is 0 Å². The highest BCUT2D eigenvalue weighted by Gasteiger charge is 2.16. The molecule has 5 N–H and O–H groups in total. The summed E-state index contributed by atoms with van der Waals surface area (Å²) in [5.41, 5.74) is 0. The number of aliphatic hydroxyl groups excluding tert-OH is 5. The summed E-state index contributed by atoms with van der Waals surface area (Å²) in [5, 5.41) is 46.9. The molecule has 16 nitrogen and oxygen atoms in total. The first kappa shape index (κ1) is 85.4. The Kier molecular flexibility index (Phi) is 58.9. The van der Waals surface area contributed by atoms with E-state index in [1.165, 1.54) is 41.5 Å². The molecule has 0 spiro atoms. The smallest absolute Gasteiger partial charge is 0.147 e. The molecule has 78 heavy (non-hydrogen) atoms. The van der Waals surface area contributed by atoms with Gasteiger partial charge in [0.05, 0.1) is 56.2 Å². The van der Waals surface area contributed by atoms with Crippen LogP contribution in [0, 0.1) is 35.5 Å². The van der Waals surface area contributed by atoms with Crippen LogP contribution in [-0.2, 0) is 52.7 Å². The minimum Gasteiger partial charge on any atom is -0.393 e. The second-order valence-corrected chi connectivity index (χ2v) is 23.8. The predicted octanol–water partition coefficient (Wildman–Crippen LogP) is 10.6. The third-order valence-electron chi connectivity index (χ3n) is 11.0. The second kappa shape index (κ2) is 53.8. The molecule has 0 bridgehead atoms. The van der Waals surface area contributed by atoms with Crippen LogP contribution in [0.5, 0.6) is 0 Å². The number of aliphatic hydroxyl groups is 5. The zero-order valence-electron chi connectivity index (χ0n) is 52.1. The van der Waals surface area contributed by atoms with Crippen LogP contribution in [0.3, 0.4) is 0 Å². The standard InChI is InChI=1S/C11H22O3.2C11H20O3.C11H18O3.C9H18O2.C9H16O2/c4*1-8(2)4-5-10(13)7-11(14)6-9(3)12;2*1-7(2)4-5-9(11)6-8(3)10/h8,10-11,13-14H,4-7H2,1-3H3;8,11,14H,4-7H2,1-3H3;8,10,13H,4-7H2,1-3H3;8H,4-7H2,1-3H3;7,9,11H,4-6H2,1-3H3;7H,4-6H2,1-3H3. The van der Waals surface area contributed by atoms with Gasteiger partial charge in [-0.2, -0.15) is 0 Å². The van der Waals surface area contributed by atoms with Crippen molar-refractivity contribution >= 4 is 63.6 Å². The van der Waals surface area contributed by atoms with Crippen LogP contribution in [-0.4, -0.2) is 120 Å². The van der Waals surface area contributed by atoms with Crippen LogP contribution < -0.4 is 0 Å². The largest absolute Gasteiger partial charge is 0.393 e. The average Bonchev–Trinajstić information content (AvgIpc) is 3.24. The molecule has 16 heteroatoms. The minimum absolute atomic E-state index is 0.0289. The Morgan fingerprint density at radius 2 is 0.500 bits per heavy atom. The van der Waals surface area contributed by atoms with Crippen molar-refractivity contribution in [3.05, 3.63) is 0 Å². The molecule has 0 amide bonds. The third kappa shape index (κ3) is 83.5. The van der Waals surface area contributed by atoms with Crippen LogP contribution in [0.25, 0.3) is 0 Å². The van der Waals surface area contributed by atoms with Crippen molar-refractivity contribution in [3.8, 4) is 0 Å². The second-order valence-electron chi connectivity index (χ2n) is 23.8. The van der Waals surface area contributed by atoms with Gasteiger partial charge in [0.1, 0.15) is 63.6 Å². The first-order valence-electron chi connectivity index (χ1n) is 28.7. The van der Waals surface area contributed by atoms with E-state index < -0.39 is 30.5 Å². The molecule has 0 aliphatic heterocycles. The highest BCUT2D eigenvalue weighted by molar-refractivity contribution is 6.06. The Labute approximate surface area is 472 Å². The SMILES string of the molecule is CC(=O)CC(=O)CC(=O)CCC(C)C.CC(=O)CC(=O)CC(O)CCC(C)C.CC(=O)CC(=O)CCC(C)C.CC(=O)CC(O)CC(=O)CCC(C)C.CC(=O)CC(O)CC(O)CCC(C)C.CC(=O)CC(O)CCC(C)C. The number of Topliss-reactive ketones (excluding diaryl/α,β-unsaturated/α-hetero) is 11. The van der Waals surface area contributed by atoms with Crippen LogP contribution in [0.1, 0.15) is 266 Å². The van der Waals surface area contributed by atoms with Crippen LogP contribution in [0.15, 0.2) is 0 Å². The summed E-state index contributed by atoms with van der Waals surface area (Å²) in [6.45, 7) is 33.5. The summed E-state index contributed by atoms with van der Waals surface area (Å²) >= 11 is 0. The number of hydrogen-bond acceptors (Lipinski definition) is 16. The van der Waals surface area contributed by atoms with E-state index in [2.05, 4.69) is 69.2 Å². The number of rotatable bonds is 38. The molecule has 0 aromatic carbocycles. The summed E-state index contributed by atoms with van der Waals surface area (Å²) in [7, 11) is 0. The number of hydrogen-bond donors (Lipinski definition) is 5. The van der Waals surface area contributed by atoms with Gasteiger partial charge in [0.15, 0.2) is 0 Å². The molecular formula is C62H114O16. The van der Waals surface area contributed by atoms with Gasteiger partial charge in [0.2, 0.25) is 0 Å². The Balaban J connectivity index is -0.000000200. The predicted molar refractivity (Wildman–Crippen MR) is 310 cm³/mol. The molecule has 5 atom stereocenters. The molecule has 0 saturated heterocycles. The zero-order chi connectivity index (χ0) is 62.3. The van der Waals surface area contributed by atoms with E-state index in [1.54, 1.807) is 0 Å². The fraction of sp³-hybridized carbons (Fsp3) is 0.823. The zero-order valence-corrected chi connectivity index (χ0v) is 52.1. The highest BCUT2D eigenvalue weighted by Crippen LogP contribution is 2.14. The van der Waals surface area contributed by atoms with Gasteiger partial charge in [0, 0.05) is 51.4 Å². The van der Waals surface area contributed by atoms with Crippen molar-refractivity contribution in [1.29, 1.82) is 0 Å². The Morgan fingerprint density at radius 1 is 0.244 bits per heavy atom. The lowest BCUT2D eigenvalue weighted by atomic mass is 9.99. The normalized spacial score (nSPS) is 12.6. The van der Waals surface area contributed by atoms with Gasteiger partial charge in [0.25, 0.3) is 0 Å². The molecule has 0 aliphatic carbocycles. The van der Waals surface area contributed by atoms with E-state index >= 15 is 0 Å². The molecule has 0 radical (unpaired) electrons. The molecule has 0 aliphatic rings. The summed E-state index contributed by atoms with van der Waals surface area (Å²) < 4.78 is 0. The lowest BCUT2D eigenvalue weighted by Gasteiger charge is -2.15. The maximum Gasteiger partial charge on any atom is 0.147 e. The summed E-state index contributed by atoms with van der Waals surface area (Å²) in [4.78, 5) is 119. The van der Waals surface area contributed by atoms with E-state index in [0.717, 1.165) is 44.9 Å². The van der Waals surface area contributed by atoms with Gasteiger partial charge in [-0.05, 0) is 141 Å². The Morgan fingerprint density at radius 3 is 0.833 bits per heavy atom. The van der Waals surface area contributed by atoms with Gasteiger partial charge in [-0.15, -0.1) is 0 Å². The molecule has 0 heterocycles. The number of ketones is 11. The summed E-state index contributed by atoms with van der Waals surface area (Å²) in [5.74, 6) is 2.51. The molecule has 0 rings (SSSR count). The number of carbonyl (C=O) groups is 11. The van der Waals surface area contributed by atoms with Crippen molar-refractivity contribution in [3.63, 3.8) is 0 Å². The minimum atomic E-state index is -0.785. The molecule has 0 saturated carbocycles. The van der Waals surface area contributed by atoms with Gasteiger partial charge < -0.3 is 25.5 Å². The summed E-state index contributed by atoms with van der Waals surface area (Å²) in [6, 6.07) is 0. The third-order valence-corrected chi connectivity index (χ3v) is 11.0. The van der Waals surface area contributed by atoms with Crippen molar-refractivity contribution < 1.29 is 78.3 Å². The van der Waals surface area contributed by atoms with Crippen molar-refractivity contribution in [2.24, 2.45) is 35.5 Å². The molecule has 0 aromatic heterocycles. The maximum atomic E-state index is 11.3. The number of carbonyl (C=O) groups excluding carboxylic acids is 11. The van der Waals surface area contributed by atoms with Gasteiger partial charge in [-0.1, -0.05) is 83.1 Å². The van der Waals surface area contributed by atoms with Crippen LogP contribution in [0.4, 0.5) is 0 Å². The fourth-order valence-electron chi connectivity index (χ4n) is 6.71. The van der Waals surface area contributed by atoms with E-state index in [9.17, 15) is 78.3 Å². The molecule has 0 fully saturated rings. The summed E-state index contributed by atoms with van der Waals surface area (Å²) in [6.07, 6.45) is 7.05. The Bertz CT molecular complexity index is 1680. The lowest BCUT2D eigenvalue weighted by Crippen LogP contribution is -2.20. The molecular weight excluding hydrogens is 1000 g/mol. The monoisotopic (exact) mass is 1110 g/mol. The highest BCUT2D eigenvalue weighted by atomic mass is 16.3. The molecule has 458 valence electrons. The maximum absolute atomic E-state index is 11.3. The topological polar surface area (TPSA) is 289 Å². The van der Waals surface area contributed by atoms with Crippen LogP contribution >= 0.6 is 0 Å². The van der Waals surface area contributed by atoms with E-state index in [-0.39, 0.29) is 115 Å². The van der Waals surface area contributed by atoms with Crippen molar-refractivity contribution in [2.45, 2.75) is 296 Å². The van der Waals surface area contributed by atoms with E-state index in [4.69, 9.17) is 0 Å². The van der Waals surface area contributed by atoms with E-state index in [1.807, 2.05) is 13.8 Å². The van der Waals surface area contributed by atoms with Gasteiger partial charge >= 0.3 is 0 Å². The lowest BCUT2D eigenvalue weighted by molar-refractivity contribution is -0.131. The van der Waals surface area contributed by atoms with Gasteiger partial charge in [-0.3, -0.25) is 52.7 Å². The first-order valence-corrected chi connectivity index (χ1v) is 28.7. The molecule has 5 unspecified atom stereocenters. The quantitative estimate of drug-likeness (QED) is 0.0359. The van der Waals surface area contributed by atoms with Crippen molar-refractivity contribution in [2.75, 3.05) is 0 Å². The molecule has 0 aromatic rings. The first-order chi connectivity index (χ1) is 35.7.